The molecule has 1 atom stereocenters. The quantitative estimate of drug-likeness (QED) is 0.582. The number of nitro groups is 1. The standard InChI is InChI=1S/C19H26N4O4/c1-4-8-22-11-15-17(20-19(24)18(15)21(3)12-22)14-10-13(23(25)26)6-7-16(14)27-9-5-2/h6-7,10,17H,4-5,8-9,11-12H2,1-3H3,(H,20,24). The van der Waals surface area contributed by atoms with Gasteiger partial charge in [0, 0.05) is 31.3 Å². The van der Waals surface area contributed by atoms with Crippen LogP contribution in [-0.4, -0.2) is 54.0 Å². The molecule has 3 rings (SSSR count). The number of likely N-dealkylation sites (N-methyl/N-ethyl adjacent to an activating group) is 1. The van der Waals surface area contributed by atoms with E-state index in [0.717, 1.165) is 25.0 Å². The minimum atomic E-state index is -0.421. The van der Waals surface area contributed by atoms with Crippen molar-refractivity contribution >= 4 is 11.6 Å². The van der Waals surface area contributed by atoms with Crippen LogP contribution in [0.15, 0.2) is 29.5 Å². The second kappa shape index (κ2) is 7.96. The molecule has 0 bridgehead atoms. The summed E-state index contributed by atoms with van der Waals surface area (Å²) in [7, 11) is 1.90. The first-order valence-electron chi connectivity index (χ1n) is 9.34. The minimum absolute atomic E-state index is 0.00766. The zero-order valence-corrected chi connectivity index (χ0v) is 16.0. The summed E-state index contributed by atoms with van der Waals surface area (Å²) in [5.41, 5.74) is 2.25. The summed E-state index contributed by atoms with van der Waals surface area (Å²) in [5, 5.41) is 14.3. The summed E-state index contributed by atoms with van der Waals surface area (Å²) >= 11 is 0. The third-order valence-electron chi connectivity index (χ3n) is 4.85. The van der Waals surface area contributed by atoms with Gasteiger partial charge in [0.1, 0.15) is 11.4 Å². The lowest BCUT2D eigenvalue weighted by atomic mass is 9.96. The van der Waals surface area contributed by atoms with Crippen LogP contribution in [0.5, 0.6) is 5.75 Å². The van der Waals surface area contributed by atoms with Gasteiger partial charge in [-0.15, -0.1) is 0 Å². The molecule has 2 heterocycles. The summed E-state index contributed by atoms with van der Waals surface area (Å²) in [5.74, 6) is 0.443. The zero-order chi connectivity index (χ0) is 19.6. The molecule has 2 aliphatic rings. The number of hydrogen-bond donors (Lipinski definition) is 1. The van der Waals surface area contributed by atoms with Crippen LogP contribution < -0.4 is 10.1 Å². The number of rotatable bonds is 7. The van der Waals surface area contributed by atoms with Crippen LogP contribution in [0.25, 0.3) is 0 Å². The van der Waals surface area contributed by atoms with Gasteiger partial charge >= 0.3 is 0 Å². The van der Waals surface area contributed by atoms with Gasteiger partial charge in [0.25, 0.3) is 11.6 Å². The number of amides is 1. The lowest BCUT2D eigenvalue weighted by molar-refractivity contribution is -0.385. The van der Waals surface area contributed by atoms with Gasteiger partial charge in [0.15, 0.2) is 0 Å². The van der Waals surface area contributed by atoms with E-state index in [1.165, 1.54) is 12.1 Å². The van der Waals surface area contributed by atoms with Crippen LogP contribution >= 0.6 is 0 Å². The van der Waals surface area contributed by atoms with Gasteiger partial charge in [-0.25, -0.2) is 0 Å². The third-order valence-corrected chi connectivity index (χ3v) is 4.85. The molecule has 2 aliphatic heterocycles. The molecule has 0 radical (unpaired) electrons. The molecular formula is C19H26N4O4. The summed E-state index contributed by atoms with van der Waals surface area (Å²) in [6.45, 7) is 6.92. The van der Waals surface area contributed by atoms with Gasteiger partial charge < -0.3 is 15.0 Å². The molecule has 1 unspecified atom stereocenters. The van der Waals surface area contributed by atoms with Crippen LogP contribution in [0.2, 0.25) is 0 Å². The monoisotopic (exact) mass is 374 g/mol. The highest BCUT2D eigenvalue weighted by atomic mass is 16.6. The molecular weight excluding hydrogens is 348 g/mol. The van der Waals surface area contributed by atoms with Crippen molar-refractivity contribution in [2.24, 2.45) is 0 Å². The topological polar surface area (TPSA) is 87.9 Å². The Morgan fingerprint density at radius 1 is 1.33 bits per heavy atom. The maximum Gasteiger partial charge on any atom is 0.270 e. The Balaban J connectivity index is 2.03. The number of nitrogens with zero attached hydrogens (tertiary/aromatic N) is 3. The molecule has 0 spiro atoms. The van der Waals surface area contributed by atoms with Crippen molar-refractivity contribution in [2.75, 3.05) is 33.4 Å². The van der Waals surface area contributed by atoms with Crippen molar-refractivity contribution in [1.29, 1.82) is 0 Å². The van der Waals surface area contributed by atoms with E-state index in [0.29, 0.717) is 36.8 Å². The lowest BCUT2D eigenvalue weighted by Gasteiger charge is -2.35. The number of nitrogens with one attached hydrogen (secondary N) is 1. The van der Waals surface area contributed by atoms with E-state index in [9.17, 15) is 14.9 Å². The Bertz CT molecular complexity index is 777. The zero-order valence-electron chi connectivity index (χ0n) is 16.0. The van der Waals surface area contributed by atoms with Gasteiger partial charge in [0.05, 0.1) is 24.2 Å². The number of hydrogen-bond acceptors (Lipinski definition) is 6. The van der Waals surface area contributed by atoms with E-state index in [2.05, 4.69) is 17.1 Å². The van der Waals surface area contributed by atoms with Crippen LogP contribution in [0, 0.1) is 10.1 Å². The second-order valence-electron chi connectivity index (χ2n) is 7.00. The van der Waals surface area contributed by atoms with E-state index >= 15 is 0 Å². The van der Waals surface area contributed by atoms with Gasteiger partial charge in [-0.05, 0) is 31.0 Å². The summed E-state index contributed by atoms with van der Waals surface area (Å²) < 4.78 is 5.83. The summed E-state index contributed by atoms with van der Waals surface area (Å²) in [4.78, 5) is 27.7. The van der Waals surface area contributed by atoms with Crippen LogP contribution in [0.1, 0.15) is 38.3 Å². The Kier molecular flexibility index (Phi) is 5.65. The second-order valence-corrected chi connectivity index (χ2v) is 7.00. The molecule has 146 valence electrons. The number of carbonyl (C=O) groups is 1. The largest absolute Gasteiger partial charge is 0.493 e. The fourth-order valence-electron chi connectivity index (χ4n) is 3.77. The van der Waals surface area contributed by atoms with Gasteiger partial charge in [-0.3, -0.25) is 19.8 Å². The van der Waals surface area contributed by atoms with E-state index in [1.54, 1.807) is 6.07 Å². The van der Waals surface area contributed by atoms with Crippen LogP contribution in [0.3, 0.4) is 0 Å². The van der Waals surface area contributed by atoms with Crippen molar-refractivity contribution in [3.05, 3.63) is 45.1 Å². The van der Waals surface area contributed by atoms with Crippen molar-refractivity contribution < 1.29 is 14.5 Å². The molecule has 27 heavy (non-hydrogen) atoms. The molecule has 8 heteroatoms. The first-order valence-corrected chi connectivity index (χ1v) is 9.34. The van der Waals surface area contributed by atoms with Crippen molar-refractivity contribution in [3.8, 4) is 5.75 Å². The molecule has 1 aromatic carbocycles. The number of ether oxygens (including phenoxy) is 1. The first kappa shape index (κ1) is 19.2. The number of nitro benzene ring substituents is 1. The lowest BCUT2D eigenvalue weighted by Crippen LogP contribution is -2.43. The Labute approximate surface area is 158 Å². The number of carbonyl (C=O) groups excluding carboxylic acids is 1. The minimum Gasteiger partial charge on any atom is -0.493 e. The molecule has 0 aliphatic carbocycles. The molecule has 1 aromatic rings. The molecule has 8 nitrogen and oxygen atoms in total. The maximum atomic E-state index is 12.6. The fourth-order valence-corrected chi connectivity index (χ4v) is 3.77. The van der Waals surface area contributed by atoms with E-state index in [4.69, 9.17) is 4.74 Å². The Morgan fingerprint density at radius 2 is 2.11 bits per heavy atom. The van der Waals surface area contributed by atoms with E-state index in [-0.39, 0.29) is 11.6 Å². The molecule has 0 fully saturated rings. The van der Waals surface area contributed by atoms with E-state index < -0.39 is 11.0 Å². The molecule has 0 saturated heterocycles. The SMILES string of the molecule is CCCOc1ccc([N+](=O)[O-])cc1C1NC(=O)C2=C1CN(CCC)CN2C. The smallest absolute Gasteiger partial charge is 0.270 e. The predicted molar refractivity (Wildman–Crippen MR) is 101 cm³/mol. The third kappa shape index (κ3) is 3.75. The van der Waals surface area contributed by atoms with E-state index in [1.807, 2.05) is 18.9 Å². The summed E-state index contributed by atoms with van der Waals surface area (Å²) in [6, 6.07) is 4.17. The number of non-ortho nitro benzene ring substituents is 1. The Morgan fingerprint density at radius 3 is 2.78 bits per heavy atom. The first-order chi connectivity index (χ1) is 13.0. The van der Waals surface area contributed by atoms with Crippen LogP contribution in [-0.2, 0) is 4.79 Å². The maximum absolute atomic E-state index is 12.6. The molecule has 0 aromatic heterocycles. The summed E-state index contributed by atoms with van der Waals surface area (Å²) in [6.07, 6.45) is 1.85. The molecule has 1 N–H and O–H groups in total. The van der Waals surface area contributed by atoms with Gasteiger partial charge in [-0.2, -0.15) is 0 Å². The Hall–Kier alpha value is -2.61. The average molecular weight is 374 g/mol. The van der Waals surface area contributed by atoms with Crippen molar-refractivity contribution in [1.82, 2.24) is 15.1 Å². The van der Waals surface area contributed by atoms with Crippen molar-refractivity contribution in [2.45, 2.75) is 32.7 Å². The molecule has 0 saturated carbocycles. The average Bonchev–Trinajstić information content (AvgIpc) is 2.97. The van der Waals surface area contributed by atoms with Gasteiger partial charge in [-0.1, -0.05) is 13.8 Å². The normalized spacial score (nSPS) is 19.9. The predicted octanol–water partition coefficient (Wildman–Crippen LogP) is 2.42. The molecule has 1 amide bonds. The highest BCUT2D eigenvalue weighted by Gasteiger charge is 2.40. The highest BCUT2D eigenvalue weighted by molar-refractivity contribution is 5.97. The van der Waals surface area contributed by atoms with Crippen LogP contribution in [0.4, 0.5) is 5.69 Å². The highest BCUT2D eigenvalue weighted by Crippen LogP contribution is 2.39. The van der Waals surface area contributed by atoms with Crippen molar-refractivity contribution in [3.63, 3.8) is 0 Å². The van der Waals surface area contributed by atoms with Gasteiger partial charge in [0.2, 0.25) is 0 Å². The number of benzene rings is 1. The fraction of sp³-hybridized carbons (Fsp3) is 0.526.